The number of aliphatic hydroxyl groups excluding tert-OH is 4. The SMILES string of the molecule is Nc1ccc(COC2O[C@H](CO)[C@@H](O)[C@H](O)[C@H]2O)cc1. The van der Waals surface area contributed by atoms with E-state index in [-0.39, 0.29) is 6.61 Å². The Kier molecular flexibility index (Phi) is 4.92. The zero-order valence-corrected chi connectivity index (χ0v) is 10.8. The summed E-state index contributed by atoms with van der Waals surface area (Å²) in [5.74, 6) is 0. The van der Waals surface area contributed by atoms with Crippen LogP contribution >= 0.6 is 0 Å². The van der Waals surface area contributed by atoms with Crippen LogP contribution in [0.4, 0.5) is 5.69 Å². The van der Waals surface area contributed by atoms with E-state index in [1.54, 1.807) is 24.3 Å². The van der Waals surface area contributed by atoms with Crippen LogP contribution < -0.4 is 5.73 Å². The number of benzene rings is 1. The topological polar surface area (TPSA) is 125 Å². The van der Waals surface area contributed by atoms with Gasteiger partial charge in [-0.05, 0) is 17.7 Å². The Hall–Kier alpha value is -1.22. The number of hydrogen-bond donors (Lipinski definition) is 5. The van der Waals surface area contributed by atoms with Gasteiger partial charge in [-0.25, -0.2) is 0 Å². The minimum atomic E-state index is -1.43. The van der Waals surface area contributed by atoms with Crippen LogP contribution in [0.15, 0.2) is 24.3 Å². The van der Waals surface area contributed by atoms with Gasteiger partial charge in [0.05, 0.1) is 13.2 Å². The van der Waals surface area contributed by atoms with E-state index < -0.39 is 37.3 Å². The summed E-state index contributed by atoms with van der Waals surface area (Å²) in [6, 6.07) is 6.96. The van der Waals surface area contributed by atoms with Crippen molar-refractivity contribution in [1.29, 1.82) is 0 Å². The molecule has 7 heteroatoms. The number of hydrogen-bond acceptors (Lipinski definition) is 7. The molecule has 112 valence electrons. The highest BCUT2D eigenvalue weighted by atomic mass is 16.7. The molecule has 1 aromatic carbocycles. The van der Waals surface area contributed by atoms with Crippen molar-refractivity contribution in [2.24, 2.45) is 0 Å². The van der Waals surface area contributed by atoms with Gasteiger partial charge in [-0.15, -0.1) is 0 Å². The first-order chi connectivity index (χ1) is 9.52. The molecule has 1 fully saturated rings. The highest BCUT2D eigenvalue weighted by Crippen LogP contribution is 2.22. The molecule has 5 atom stereocenters. The van der Waals surface area contributed by atoms with E-state index >= 15 is 0 Å². The third kappa shape index (κ3) is 3.26. The number of nitrogens with two attached hydrogens (primary N) is 1. The predicted octanol–water partition coefficient (Wildman–Crippen LogP) is -1.41. The molecule has 2 rings (SSSR count). The van der Waals surface area contributed by atoms with E-state index in [2.05, 4.69) is 0 Å². The molecule has 1 aliphatic heterocycles. The van der Waals surface area contributed by atoms with Gasteiger partial charge in [0.15, 0.2) is 6.29 Å². The lowest BCUT2D eigenvalue weighted by atomic mass is 9.99. The number of rotatable bonds is 4. The normalized spacial score (nSPS) is 34.1. The van der Waals surface area contributed by atoms with Crippen molar-refractivity contribution in [2.75, 3.05) is 12.3 Å². The molecule has 0 saturated carbocycles. The molecule has 6 N–H and O–H groups in total. The molecule has 1 saturated heterocycles. The van der Waals surface area contributed by atoms with E-state index in [0.717, 1.165) is 5.56 Å². The largest absolute Gasteiger partial charge is 0.399 e. The van der Waals surface area contributed by atoms with Crippen LogP contribution in [0, 0.1) is 0 Å². The number of anilines is 1. The highest BCUT2D eigenvalue weighted by Gasteiger charge is 2.43. The van der Waals surface area contributed by atoms with Crippen molar-refractivity contribution < 1.29 is 29.9 Å². The molecule has 0 aliphatic carbocycles. The van der Waals surface area contributed by atoms with E-state index in [9.17, 15) is 15.3 Å². The minimum absolute atomic E-state index is 0.142. The third-order valence-electron chi connectivity index (χ3n) is 3.24. The Morgan fingerprint density at radius 3 is 2.30 bits per heavy atom. The van der Waals surface area contributed by atoms with Crippen LogP contribution in [0.2, 0.25) is 0 Å². The van der Waals surface area contributed by atoms with Crippen molar-refractivity contribution in [1.82, 2.24) is 0 Å². The number of nitrogen functional groups attached to an aromatic ring is 1. The van der Waals surface area contributed by atoms with Crippen LogP contribution in [0.5, 0.6) is 0 Å². The van der Waals surface area contributed by atoms with E-state index in [0.29, 0.717) is 5.69 Å². The lowest BCUT2D eigenvalue weighted by Gasteiger charge is -2.39. The van der Waals surface area contributed by atoms with Gasteiger partial charge in [0.25, 0.3) is 0 Å². The first kappa shape index (κ1) is 15.2. The molecule has 0 amide bonds. The maximum Gasteiger partial charge on any atom is 0.187 e. The summed E-state index contributed by atoms with van der Waals surface area (Å²) in [7, 11) is 0. The molecule has 0 spiro atoms. The molecule has 1 aliphatic rings. The maximum absolute atomic E-state index is 9.78. The average molecular weight is 285 g/mol. The summed E-state index contributed by atoms with van der Waals surface area (Å²) in [5, 5.41) is 38.1. The van der Waals surface area contributed by atoms with Crippen molar-refractivity contribution in [3.05, 3.63) is 29.8 Å². The molecule has 20 heavy (non-hydrogen) atoms. The number of ether oxygens (including phenoxy) is 2. The Morgan fingerprint density at radius 2 is 1.70 bits per heavy atom. The molecular weight excluding hydrogens is 266 g/mol. The summed E-state index contributed by atoms with van der Waals surface area (Å²) in [6.45, 7) is -0.338. The molecule has 7 nitrogen and oxygen atoms in total. The fourth-order valence-electron chi connectivity index (χ4n) is 2.00. The van der Waals surface area contributed by atoms with Crippen LogP contribution in [-0.4, -0.2) is 57.7 Å². The van der Waals surface area contributed by atoms with Crippen molar-refractivity contribution >= 4 is 5.69 Å². The van der Waals surface area contributed by atoms with Gasteiger partial charge in [-0.2, -0.15) is 0 Å². The van der Waals surface area contributed by atoms with Crippen LogP contribution in [0.3, 0.4) is 0 Å². The molecular formula is C13H19NO6. The average Bonchev–Trinajstić information content (AvgIpc) is 2.46. The standard InChI is InChI=1S/C13H19NO6/c14-8-3-1-7(2-4-8)6-19-13-12(18)11(17)10(16)9(5-15)20-13/h1-4,9-13,15-18H,5-6,14H2/t9-,10-,11+,12-,13?/m1/s1. The quantitative estimate of drug-likeness (QED) is 0.430. The van der Waals surface area contributed by atoms with Crippen LogP contribution in [0.25, 0.3) is 0 Å². The van der Waals surface area contributed by atoms with Gasteiger partial charge >= 0.3 is 0 Å². The molecule has 1 aromatic rings. The summed E-state index contributed by atoms with van der Waals surface area (Å²) in [5.41, 5.74) is 7.01. The summed E-state index contributed by atoms with van der Waals surface area (Å²) in [6.07, 6.45) is -6.29. The Labute approximate surface area is 116 Å². The lowest BCUT2D eigenvalue weighted by Crippen LogP contribution is -2.59. The fraction of sp³-hybridized carbons (Fsp3) is 0.538. The van der Waals surface area contributed by atoms with E-state index in [4.69, 9.17) is 20.3 Å². The first-order valence-electron chi connectivity index (χ1n) is 6.29. The second kappa shape index (κ2) is 6.49. The van der Waals surface area contributed by atoms with Gasteiger partial charge in [0.2, 0.25) is 0 Å². The van der Waals surface area contributed by atoms with Crippen LogP contribution in [-0.2, 0) is 16.1 Å². The molecule has 0 bridgehead atoms. The zero-order valence-electron chi connectivity index (χ0n) is 10.8. The third-order valence-corrected chi connectivity index (χ3v) is 3.24. The highest BCUT2D eigenvalue weighted by molar-refractivity contribution is 5.39. The fourth-order valence-corrected chi connectivity index (χ4v) is 2.00. The van der Waals surface area contributed by atoms with Gasteiger partial charge in [0.1, 0.15) is 24.4 Å². The maximum atomic E-state index is 9.78. The van der Waals surface area contributed by atoms with Crippen molar-refractivity contribution in [3.63, 3.8) is 0 Å². The van der Waals surface area contributed by atoms with Gasteiger partial charge < -0.3 is 35.6 Å². The van der Waals surface area contributed by atoms with E-state index in [1.807, 2.05) is 0 Å². The molecule has 0 aromatic heterocycles. The lowest BCUT2D eigenvalue weighted by molar-refractivity contribution is -0.304. The zero-order chi connectivity index (χ0) is 14.7. The summed E-state index contributed by atoms with van der Waals surface area (Å²) < 4.78 is 10.6. The minimum Gasteiger partial charge on any atom is -0.399 e. The predicted molar refractivity (Wildman–Crippen MR) is 69.4 cm³/mol. The van der Waals surface area contributed by atoms with Crippen LogP contribution in [0.1, 0.15) is 5.56 Å². The first-order valence-corrected chi connectivity index (χ1v) is 6.29. The van der Waals surface area contributed by atoms with Gasteiger partial charge in [0, 0.05) is 5.69 Å². The molecule has 1 heterocycles. The second-order valence-corrected chi connectivity index (χ2v) is 4.75. The summed E-state index contributed by atoms with van der Waals surface area (Å²) >= 11 is 0. The van der Waals surface area contributed by atoms with Gasteiger partial charge in [-0.1, -0.05) is 12.1 Å². The molecule has 0 radical (unpaired) electrons. The van der Waals surface area contributed by atoms with Gasteiger partial charge in [-0.3, -0.25) is 0 Å². The smallest absolute Gasteiger partial charge is 0.187 e. The number of aliphatic hydroxyl groups is 4. The van der Waals surface area contributed by atoms with E-state index in [1.165, 1.54) is 0 Å². The Balaban J connectivity index is 1.95. The van der Waals surface area contributed by atoms with Crippen molar-refractivity contribution in [3.8, 4) is 0 Å². The molecule has 1 unspecified atom stereocenters. The Bertz CT molecular complexity index is 423. The second-order valence-electron chi connectivity index (χ2n) is 4.75. The Morgan fingerprint density at radius 1 is 1.05 bits per heavy atom. The summed E-state index contributed by atoms with van der Waals surface area (Å²) in [4.78, 5) is 0. The van der Waals surface area contributed by atoms with Crippen molar-refractivity contribution in [2.45, 2.75) is 37.3 Å². The monoisotopic (exact) mass is 285 g/mol.